The van der Waals surface area contributed by atoms with Crippen molar-refractivity contribution in [3.05, 3.63) is 36.5 Å². The fraction of sp³-hybridized carbons (Fsp3) is 0.902. The van der Waals surface area contributed by atoms with Crippen LogP contribution in [0.3, 0.4) is 0 Å². The number of aliphatic hydroxyl groups is 2. The molecule has 0 aromatic rings. The number of allylic oxidation sites excluding steroid dienone is 5. The van der Waals surface area contributed by atoms with Crippen LogP contribution in [0.25, 0.3) is 0 Å². The molecule has 6 nitrogen and oxygen atoms in total. The van der Waals surface area contributed by atoms with Gasteiger partial charge in [0.15, 0.2) is 0 Å². The molecule has 0 aliphatic carbocycles. The molecule has 0 fully saturated rings. The third-order valence-electron chi connectivity index (χ3n) is 18.9. The monoisotopic (exact) mass is 1240 g/mol. The molecule has 0 saturated carbocycles. The van der Waals surface area contributed by atoms with Crippen molar-refractivity contribution in [3.8, 4) is 0 Å². The smallest absolute Gasteiger partial charge is 0.305 e. The van der Waals surface area contributed by atoms with Crippen LogP contribution in [-0.2, 0) is 14.3 Å². The standard InChI is InChI=1S/C82H157NO5/c1-3-5-7-9-11-13-15-17-19-20-21-22-23-31-34-37-40-43-47-50-54-58-62-66-70-74-80(85)79(78-84)83-81(86)75-71-67-63-59-55-51-48-44-41-38-35-32-29-27-25-24-26-28-30-33-36-39-42-45-49-53-57-61-65-69-73-77-88-82(87)76-72-68-64-60-56-52-46-18-16-14-12-10-8-6-4-2/h26,28,33,36,70,74,79-80,84-85H,3-25,27,29-32,34-35,37-69,71-73,75-78H2,1-2H3,(H,83,86)/b28-26-,36-33-,74-70+. The third-order valence-corrected chi connectivity index (χ3v) is 18.9. The molecule has 1 amide bonds. The van der Waals surface area contributed by atoms with E-state index in [1.807, 2.05) is 6.08 Å². The van der Waals surface area contributed by atoms with Crippen LogP contribution in [0.5, 0.6) is 0 Å². The second kappa shape index (κ2) is 77.5. The molecule has 0 aliphatic rings. The highest BCUT2D eigenvalue weighted by atomic mass is 16.5. The molecular formula is C82H157NO5. The van der Waals surface area contributed by atoms with Gasteiger partial charge in [0.05, 0.1) is 25.4 Å². The van der Waals surface area contributed by atoms with Gasteiger partial charge in [-0.15, -0.1) is 0 Å². The number of carbonyl (C=O) groups is 2. The number of ether oxygens (including phenoxy) is 1. The van der Waals surface area contributed by atoms with Gasteiger partial charge in [-0.05, 0) is 64.2 Å². The summed E-state index contributed by atoms with van der Waals surface area (Å²) in [6, 6.07) is -0.629. The van der Waals surface area contributed by atoms with E-state index in [4.69, 9.17) is 4.74 Å². The predicted molar refractivity (Wildman–Crippen MR) is 389 cm³/mol. The number of aliphatic hydroxyl groups excluding tert-OH is 2. The van der Waals surface area contributed by atoms with E-state index in [0.29, 0.717) is 19.4 Å². The normalized spacial score (nSPS) is 12.6. The highest BCUT2D eigenvalue weighted by Crippen LogP contribution is 2.20. The summed E-state index contributed by atoms with van der Waals surface area (Å²) >= 11 is 0. The molecule has 6 heteroatoms. The quantitative estimate of drug-likeness (QED) is 0.0320. The van der Waals surface area contributed by atoms with Crippen molar-refractivity contribution in [1.29, 1.82) is 0 Å². The minimum absolute atomic E-state index is 0.0166. The van der Waals surface area contributed by atoms with E-state index >= 15 is 0 Å². The molecule has 88 heavy (non-hydrogen) atoms. The van der Waals surface area contributed by atoms with Gasteiger partial charge in [-0.25, -0.2) is 0 Å². The lowest BCUT2D eigenvalue weighted by Crippen LogP contribution is -2.45. The maximum Gasteiger partial charge on any atom is 0.305 e. The largest absolute Gasteiger partial charge is 0.466 e. The topological polar surface area (TPSA) is 95.9 Å². The maximum absolute atomic E-state index is 12.6. The zero-order valence-corrected chi connectivity index (χ0v) is 59.7. The van der Waals surface area contributed by atoms with Gasteiger partial charge in [0.25, 0.3) is 0 Å². The number of rotatable bonds is 76. The molecule has 0 bridgehead atoms. The van der Waals surface area contributed by atoms with Gasteiger partial charge in [-0.2, -0.15) is 0 Å². The van der Waals surface area contributed by atoms with Gasteiger partial charge >= 0.3 is 5.97 Å². The second-order valence-corrected chi connectivity index (χ2v) is 27.8. The van der Waals surface area contributed by atoms with Crippen molar-refractivity contribution >= 4 is 11.9 Å². The van der Waals surface area contributed by atoms with Crippen molar-refractivity contribution in [2.24, 2.45) is 0 Å². The summed E-state index contributed by atoms with van der Waals surface area (Å²) < 4.78 is 5.50. The van der Waals surface area contributed by atoms with Crippen LogP contribution in [-0.4, -0.2) is 47.4 Å². The van der Waals surface area contributed by atoms with Crippen molar-refractivity contribution in [2.45, 2.75) is 463 Å². The summed E-state index contributed by atoms with van der Waals surface area (Å²) in [6.07, 6.45) is 101. The second-order valence-electron chi connectivity index (χ2n) is 27.8. The number of hydrogen-bond acceptors (Lipinski definition) is 5. The molecule has 2 unspecified atom stereocenters. The molecule has 0 aromatic heterocycles. The Bertz CT molecular complexity index is 1430. The van der Waals surface area contributed by atoms with E-state index in [-0.39, 0.29) is 18.5 Å². The summed E-state index contributed by atoms with van der Waals surface area (Å²) in [4.78, 5) is 24.6. The van der Waals surface area contributed by atoms with Crippen molar-refractivity contribution in [2.75, 3.05) is 13.2 Å². The fourth-order valence-electron chi connectivity index (χ4n) is 12.8. The summed E-state index contributed by atoms with van der Waals surface area (Å²) in [5.41, 5.74) is 0. The molecule has 0 rings (SSSR count). The number of hydrogen-bond donors (Lipinski definition) is 3. The van der Waals surface area contributed by atoms with Crippen LogP contribution in [0.1, 0.15) is 450 Å². The van der Waals surface area contributed by atoms with E-state index in [1.54, 1.807) is 6.08 Å². The van der Waals surface area contributed by atoms with Crippen molar-refractivity contribution in [3.63, 3.8) is 0 Å². The first kappa shape index (κ1) is 86.1. The molecule has 3 N–H and O–H groups in total. The van der Waals surface area contributed by atoms with Crippen LogP contribution in [0.4, 0.5) is 0 Å². The van der Waals surface area contributed by atoms with Gasteiger partial charge < -0.3 is 20.3 Å². The molecule has 0 saturated heterocycles. The van der Waals surface area contributed by atoms with E-state index in [0.717, 1.165) is 44.9 Å². The molecule has 0 radical (unpaired) electrons. The summed E-state index contributed by atoms with van der Waals surface area (Å²) in [6.45, 7) is 4.95. The molecule has 0 heterocycles. The SMILES string of the molecule is CCCCCCCCCCCCCCCCCCCCCCCCC/C=C/C(O)C(CO)NC(=O)CCCCCCCCCCCCCCCCC/C=C\C/C=C\CCCCCCCCCCCOC(=O)CCCCCCCCCCCCCCCCC. The lowest BCUT2D eigenvalue weighted by molar-refractivity contribution is -0.143. The highest BCUT2D eigenvalue weighted by Gasteiger charge is 2.18. The average Bonchev–Trinajstić information content (AvgIpc) is 3.58. The zero-order chi connectivity index (χ0) is 63.5. The number of esters is 1. The van der Waals surface area contributed by atoms with Crippen molar-refractivity contribution < 1.29 is 24.5 Å². The van der Waals surface area contributed by atoms with Gasteiger partial charge in [-0.1, -0.05) is 410 Å². The number of nitrogens with one attached hydrogen (secondary N) is 1. The van der Waals surface area contributed by atoms with Crippen LogP contribution >= 0.6 is 0 Å². The molecule has 520 valence electrons. The molecule has 0 spiro atoms. The first-order valence-corrected chi connectivity index (χ1v) is 40.3. The Balaban J connectivity index is 3.41. The summed E-state index contributed by atoms with van der Waals surface area (Å²) in [5, 5.41) is 23.3. The van der Waals surface area contributed by atoms with Crippen LogP contribution in [0.15, 0.2) is 36.5 Å². The van der Waals surface area contributed by atoms with Crippen LogP contribution < -0.4 is 5.32 Å². The first-order chi connectivity index (χ1) is 43.5. The summed E-state index contributed by atoms with van der Waals surface area (Å²) in [7, 11) is 0. The Morgan fingerprint density at radius 3 is 0.864 bits per heavy atom. The number of amides is 1. The highest BCUT2D eigenvalue weighted by molar-refractivity contribution is 5.76. The number of carbonyl (C=O) groups excluding carboxylic acids is 2. The first-order valence-electron chi connectivity index (χ1n) is 40.3. The molecule has 2 atom stereocenters. The Morgan fingerprint density at radius 2 is 0.568 bits per heavy atom. The summed E-state index contributed by atoms with van der Waals surface area (Å²) in [5.74, 6) is -0.0456. The van der Waals surface area contributed by atoms with Crippen LogP contribution in [0.2, 0.25) is 0 Å². The Hall–Kier alpha value is -1.92. The van der Waals surface area contributed by atoms with Gasteiger partial charge in [0, 0.05) is 12.8 Å². The van der Waals surface area contributed by atoms with Crippen molar-refractivity contribution in [1.82, 2.24) is 5.32 Å². The third kappa shape index (κ3) is 73.1. The van der Waals surface area contributed by atoms with E-state index in [1.165, 1.54) is 379 Å². The Kier molecular flexibility index (Phi) is 75.8. The zero-order valence-electron chi connectivity index (χ0n) is 59.7. The predicted octanol–water partition coefficient (Wildman–Crippen LogP) is 26.6. The van der Waals surface area contributed by atoms with E-state index in [2.05, 4.69) is 43.5 Å². The number of unbranched alkanes of at least 4 members (excludes halogenated alkanes) is 61. The minimum Gasteiger partial charge on any atom is -0.466 e. The average molecular weight is 1240 g/mol. The fourth-order valence-corrected chi connectivity index (χ4v) is 12.8. The molecule has 0 aliphatic heterocycles. The maximum atomic E-state index is 12.6. The van der Waals surface area contributed by atoms with Gasteiger partial charge in [0.1, 0.15) is 0 Å². The molecular weight excluding hydrogens is 1080 g/mol. The van der Waals surface area contributed by atoms with E-state index in [9.17, 15) is 19.8 Å². The van der Waals surface area contributed by atoms with Gasteiger partial charge in [-0.3, -0.25) is 9.59 Å². The Morgan fingerprint density at radius 1 is 0.318 bits per heavy atom. The Labute approximate surface area is 551 Å². The minimum atomic E-state index is -0.846. The van der Waals surface area contributed by atoms with Gasteiger partial charge in [0.2, 0.25) is 5.91 Å². The molecule has 0 aromatic carbocycles. The van der Waals surface area contributed by atoms with Crippen LogP contribution in [0, 0.1) is 0 Å². The lowest BCUT2D eigenvalue weighted by atomic mass is 10.0. The van der Waals surface area contributed by atoms with E-state index < -0.39 is 12.1 Å². The lowest BCUT2D eigenvalue weighted by Gasteiger charge is -2.20.